The zero-order valence-electron chi connectivity index (χ0n) is 18.1. The van der Waals surface area contributed by atoms with Crippen molar-refractivity contribution in [2.75, 3.05) is 20.7 Å². The van der Waals surface area contributed by atoms with Crippen molar-refractivity contribution in [3.05, 3.63) is 35.9 Å². The number of ether oxygens (including phenoxy) is 2. The molecular formula is C21H33IN6O2. The minimum atomic E-state index is 0. The maximum absolute atomic E-state index is 6.27. The molecule has 1 fully saturated rings. The lowest BCUT2D eigenvalue weighted by Crippen LogP contribution is -2.38. The van der Waals surface area contributed by atoms with Gasteiger partial charge in [0.05, 0.1) is 13.2 Å². The van der Waals surface area contributed by atoms with E-state index in [-0.39, 0.29) is 24.0 Å². The lowest BCUT2D eigenvalue weighted by Gasteiger charge is -2.19. The summed E-state index contributed by atoms with van der Waals surface area (Å²) in [5, 5.41) is 14.8. The van der Waals surface area contributed by atoms with Gasteiger partial charge >= 0.3 is 0 Å². The summed E-state index contributed by atoms with van der Waals surface area (Å²) in [5.41, 5.74) is 1.09. The first-order valence-corrected chi connectivity index (χ1v) is 10.4. The van der Waals surface area contributed by atoms with E-state index in [1.807, 2.05) is 18.2 Å². The Morgan fingerprint density at radius 3 is 2.77 bits per heavy atom. The highest BCUT2D eigenvalue weighted by atomic mass is 127. The van der Waals surface area contributed by atoms with E-state index in [2.05, 4.69) is 37.3 Å². The van der Waals surface area contributed by atoms with E-state index >= 15 is 0 Å². The highest BCUT2D eigenvalue weighted by Gasteiger charge is 2.18. The average molecular weight is 528 g/mol. The molecule has 1 aliphatic carbocycles. The Bertz CT molecular complexity index is 805. The number of aliphatic imine (C=N–C) groups is 1. The largest absolute Gasteiger partial charge is 0.497 e. The summed E-state index contributed by atoms with van der Waals surface area (Å²) in [6.45, 7) is 4.22. The number of guanidine groups is 1. The van der Waals surface area contributed by atoms with Gasteiger partial charge in [-0.15, -0.1) is 34.2 Å². The van der Waals surface area contributed by atoms with Crippen molar-refractivity contribution in [1.82, 2.24) is 25.4 Å². The zero-order valence-corrected chi connectivity index (χ0v) is 20.4. The Morgan fingerprint density at radius 2 is 2.07 bits per heavy atom. The standard InChI is InChI=1S/C21H32N6O2.HI/c1-4-20-26-25-15-27(20)12-11-23-21(22-2)24-14-16-9-10-18(28-3)13-19(16)29-17-7-5-6-8-17;/h9-10,13,15,17H,4-8,11-12,14H2,1-3H3,(H2,22,23,24);1H. The summed E-state index contributed by atoms with van der Waals surface area (Å²) < 4.78 is 13.7. The molecule has 0 unspecified atom stereocenters. The summed E-state index contributed by atoms with van der Waals surface area (Å²) in [6.07, 6.45) is 7.66. The Morgan fingerprint density at radius 1 is 1.27 bits per heavy atom. The molecule has 0 saturated heterocycles. The number of nitrogens with one attached hydrogen (secondary N) is 2. The fraction of sp³-hybridized carbons (Fsp3) is 0.571. The SMILES string of the molecule is CCc1nncn1CCNC(=NC)NCc1ccc(OC)cc1OC1CCCC1.I. The van der Waals surface area contributed by atoms with Gasteiger partial charge in [0.15, 0.2) is 5.96 Å². The Kier molecular flexibility index (Phi) is 10.2. The van der Waals surface area contributed by atoms with Crippen LogP contribution in [0, 0.1) is 0 Å². The van der Waals surface area contributed by atoms with Gasteiger partial charge in [-0.25, -0.2) is 0 Å². The van der Waals surface area contributed by atoms with Crippen molar-refractivity contribution in [3.63, 3.8) is 0 Å². The number of hydrogen-bond acceptors (Lipinski definition) is 5. The normalized spacial score (nSPS) is 14.3. The number of aryl methyl sites for hydroxylation is 1. The number of rotatable bonds is 9. The van der Waals surface area contributed by atoms with Gasteiger partial charge in [0, 0.05) is 44.7 Å². The molecule has 2 aromatic rings. The molecule has 0 atom stereocenters. The van der Waals surface area contributed by atoms with Crippen LogP contribution in [0.4, 0.5) is 0 Å². The van der Waals surface area contributed by atoms with Gasteiger partial charge in [0.2, 0.25) is 0 Å². The fourth-order valence-electron chi connectivity index (χ4n) is 3.54. The molecule has 166 valence electrons. The summed E-state index contributed by atoms with van der Waals surface area (Å²) in [7, 11) is 3.45. The Hall–Kier alpha value is -2.04. The van der Waals surface area contributed by atoms with Gasteiger partial charge in [-0.1, -0.05) is 6.92 Å². The Labute approximate surface area is 195 Å². The number of aromatic nitrogens is 3. The van der Waals surface area contributed by atoms with Crippen LogP contribution in [0.1, 0.15) is 44.0 Å². The summed E-state index contributed by atoms with van der Waals surface area (Å²) in [4.78, 5) is 4.32. The molecule has 1 aromatic heterocycles. The van der Waals surface area contributed by atoms with Crippen molar-refractivity contribution >= 4 is 29.9 Å². The van der Waals surface area contributed by atoms with Gasteiger partial charge < -0.3 is 24.7 Å². The van der Waals surface area contributed by atoms with Crippen LogP contribution >= 0.6 is 24.0 Å². The molecular weight excluding hydrogens is 495 g/mol. The number of nitrogens with zero attached hydrogens (tertiary/aromatic N) is 4. The molecule has 1 aliphatic rings. The van der Waals surface area contributed by atoms with Crippen LogP contribution in [0.3, 0.4) is 0 Å². The predicted molar refractivity (Wildman–Crippen MR) is 129 cm³/mol. The lowest BCUT2D eigenvalue weighted by atomic mass is 10.2. The molecule has 2 N–H and O–H groups in total. The van der Waals surface area contributed by atoms with E-state index in [0.717, 1.165) is 61.2 Å². The molecule has 8 nitrogen and oxygen atoms in total. The van der Waals surface area contributed by atoms with Crippen LogP contribution in [0.5, 0.6) is 11.5 Å². The number of hydrogen-bond donors (Lipinski definition) is 2. The molecule has 30 heavy (non-hydrogen) atoms. The maximum atomic E-state index is 6.27. The second kappa shape index (κ2) is 12.6. The van der Waals surface area contributed by atoms with Crippen LogP contribution in [0.2, 0.25) is 0 Å². The molecule has 1 saturated carbocycles. The highest BCUT2D eigenvalue weighted by Crippen LogP contribution is 2.29. The van der Waals surface area contributed by atoms with Crippen molar-refractivity contribution in [1.29, 1.82) is 0 Å². The molecule has 0 amide bonds. The number of benzene rings is 1. The number of halogens is 1. The summed E-state index contributed by atoms with van der Waals surface area (Å²) >= 11 is 0. The minimum Gasteiger partial charge on any atom is -0.497 e. The first-order chi connectivity index (χ1) is 14.2. The van der Waals surface area contributed by atoms with Gasteiger partial charge in [0.25, 0.3) is 0 Å². The molecule has 9 heteroatoms. The third-order valence-corrected chi connectivity index (χ3v) is 5.20. The zero-order chi connectivity index (χ0) is 20.5. The van der Waals surface area contributed by atoms with Gasteiger partial charge in [-0.05, 0) is 37.8 Å². The van der Waals surface area contributed by atoms with Crippen LogP contribution in [0.25, 0.3) is 0 Å². The van der Waals surface area contributed by atoms with Crippen LogP contribution < -0.4 is 20.1 Å². The maximum Gasteiger partial charge on any atom is 0.191 e. The monoisotopic (exact) mass is 528 g/mol. The van der Waals surface area contributed by atoms with Crippen LogP contribution in [-0.4, -0.2) is 47.5 Å². The fourth-order valence-corrected chi connectivity index (χ4v) is 3.54. The summed E-state index contributed by atoms with van der Waals surface area (Å²) in [5.74, 6) is 3.43. The van der Waals surface area contributed by atoms with Gasteiger partial charge in [-0.3, -0.25) is 4.99 Å². The quantitative estimate of drug-likeness (QED) is 0.296. The molecule has 1 aromatic carbocycles. The molecule has 1 heterocycles. The van der Waals surface area contributed by atoms with E-state index in [1.54, 1.807) is 20.5 Å². The number of methoxy groups -OCH3 is 1. The Balaban J connectivity index is 0.00000320. The molecule has 0 spiro atoms. The van der Waals surface area contributed by atoms with E-state index in [4.69, 9.17) is 9.47 Å². The molecule has 0 aliphatic heterocycles. The van der Waals surface area contributed by atoms with Gasteiger partial charge in [0.1, 0.15) is 23.7 Å². The molecule has 0 bridgehead atoms. The first kappa shape index (κ1) is 24.2. The molecule has 0 radical (unpaired) electrons. The van der Waals surface area contributed by atoms with Crippen LogP contribution in [0.15, 0.2) is 29.5 Å². The third-order valence-electron chi connectivity index (χ3n) is 5.20. The average Bonchev–Trinajstić information content (AvgIpc) is 3.42. The van der Waals surface area contributed by atoms with E-state index in [1.165, 1.54) is 12.8 Å². The topological polar surface area (TPSA) is 85.6 Å². The minimum absolute atomic E-state index is 0. The van der Waals surface area contributed by atoms with E-state index < -0.39 is 0 Å². The molecule has 3 rings (SSSR count). The highest BCUT2D eigenvalue weighted by molar-refractivity contribution is 14.0. The van der Waals surface area contributed by atoms with Crippen molar-refractivity contribution in [2.45, 2.75) is 58.2 Å². The smallest absolute Gasteiger partial charge is 0.191 e. The van der Waals surface area contributed by atoms with E-state index in [9.17, 15) is 0 Å². The van der Waals surface area contributed by atoms with Crippen molar-refractivity contribution in [3.8, 4) is 11.5 Å². The van der Waals surface area contributed by atoms with E-state index in [0.29, 0.717) is 12.6 Å². The second-order valence-electron chi connectivity index (χ2n) is 7.14. The first-order valence-electron chi connectivity index (χ1n) is 10.4. The second-order valence-corrected chi connectivity index (χ2v) is 7.14. The van der Waals surface area contributed by atoms with Crippen molar-refractivity contribution in [2.24, 2.45) is 4.99 Å². The summed E-state index contributed by atoms with van der Waals surface area (Å²) in [6, 6.07) is 5.99. The predicted octanol–water partition coefficient (Wildman–Crippen LogP) is 3.15. The van der Waals surface area contributed by atoms with Crippen LogP contribution in [-0.2, 0) is 19.5 Å². The van der Waals surface area contributed by atoms with Crippen molar-refractivity contribution < 1.29 is 9.47 Å². The third kappa shape index (κ3) is 6.75. The lowest BCUT2D eigenvalue weighted by molar-refractivity contribution is 0.207. The van der Waals surface area contributed by atoms with Gasteiger partial charge in [-0.2, -0.15) is 0 Å².